The Hall–Kier alpha value is -3.72. The van der Waals surface area contributed by atoms with Crippen molar-refractivity contribution in [1.29, 1.82) is 0 Å². The van der Waals surface area contributed by atoms with Crippen LogP contribution in [0.15, 0.2) is 71.6 Å². The zero-order valence-electron chi connectivity index (χ0n) is 19.1. The highest BCUT2D eigenvalue weighted by Crippen LogP contribution is 2.37. The molecule has 1 amide bonds. The van der Waals surface area contributed by atoms with Gasteiger partial charge in [0.2, 0.25) is 0 Å². The summed E-state index contributed by atoms with van der Waals surface area (Å²) in [5.74, 6) is 1.05. The molecule has 0 saturated heterocycles. The zero-order valence-corrected chi connectivity index (χ0v) is 20.0. The van der Waals surface area contributed by atoms with Crippen LogP contribution in [0.1, 0.15) is 11.1 Å². The number of fused-ring (bicyclic) bond motifs is 1. The lowest BCUT2D eigenvalue weighted by atomic mass is 10.1. The Bertz CT molecular complexity index is 1290. The number of rotatable bonds is 7. The van der Waals surface area contributed by atoms with Crippen LogP contribution < -0.4 is 23.8 Å². The average Bonchev–Trinajstić information content (AvgIpc) is 2.86. The molecule has 1 aliphatic rings. The molecule has 1 aliphatic heterocycles. The van der Waals surface area contributed by atoms with Gasteiger partial charge >= 0.3 is 0 Å². The highest BCUT2D eigenvalue weighted by molar-refractivity contribution is 7.92. The van der Waals surface area contributed by atoms with Gasteiger partial charge in [0.25, 0.3) is 15.9 Å². The third-order valence-electron chi connectivity index (χ3n) is 5.52. The van der Waals surface area contributed by atoms with E-state index in [2.05, 4.69) is 5.32 Å². The van der Waals surface area contributed by atoms with Gasteiger partial charge in [0.05, 0.1) is 31.3 Å². The van der Waals surface area contributed by atoms with E-state index in [1.54, 1.807) is 49.6 Å². The largest absolute Gasteiger partial charge is 0.493 e. The van der Waals surface area contributed by atoms with Crippen LogP contribution in [0.5, 0.6) is 17.2 Å². The molecule has 8 nitrogen and oxygen atoms in total. The number of nitrogens with zero attached hydrogens (tertiary/aromatic N) is 1. The van der Waals surface area contributed by atoms with E-state index in [4.69, 9.17) is 14.2 Å². The summed E-state index contributed by atoms with van der Waals surface area (Å²) in [6, 6.07) is 18.7. The van der Waals surface area contributed by atoms with Crippen molar-refractivity contribution >= 4 is 21.6 Å². The highest BCUT2D eigenvalue weighted by Gasteiger charge is 2.37. The predicted molar refractivity (Wildman–Crippen MR) is 128 cm³/mol. The Morgan fingerprint density at radius 3 is 2.47 bits per heavy atom. The van der Waals surface area contributed by atoms with E-state index in [9.17, 15) is 13.2 Å². The number of methoxy groups -OCH3 is 2. The first-order valence-electron chi connectivity index (χ1n) is 10.7. The van der Waals surface area contributed by atoms with E-state index in [1.165, 1.54) is 23.5 Å². The summed E-state index contributed by atoms with van der Waals surface area (Å²) in [5, 5.41) is 2.83. The van der Waals surface area contributed by atoms with Crippen molar-refractivity contribution in [2.75, 3.05) is 25.1 Å². The van der Waals surface area contributed by atoms with Crippen molar-refractivity contribution in [1.82, 2.24) is 5.32 Å². The minimum Gasteiger partial charge on any atom is -0.493 e. The smallest absolute Gasteiger partial charge is 0.264 e. The van der Waals surface area contributed by atoms with Crippen LogP contribution in [0, 0.1) is 6.92 Å². The third-order valence-corrected chi connectivity index (χ3v) is 7.32. The molecule has 1 N–H and O–H groups in total. The van der Waals surface area contributed by atoms with E-state index in [1.807, 2.05) is 19.1 Å². The molecular formula is C25H26N2O6S. The maximum absolute atomic E-state index is 13.5. The molecule has 0 spiro atoms. The first-order chi connectivity index (χ1) is 16.3. The third kappa shape index (κ3) is 4.65. The fraction of sp³-hybridized carbons (Fsp3) is 0.240. The van der Waals surface area contributed by atoms with Crippen LogP contribution in [0.25, 0.3) is 0 Å². The van der Waals surface area contributed by atoms with Crippen molar-refractivity contribution in [2.24, 2.45) is 0 Å². The molecule has 0 radical (unpaired) electrons. The van der Waals surface area contributed by atoms with Crippen LogP contribution in [0.2, 0.25) is 0 Å². The number of benzene rings is 3. The van der Waals surface area contributed by atoms with Gasteiger partial charge in [-0.15, -0.1) is 0 Å². The fourth-order valence-corrected chi connectivity index (χ4v) is 5.23. The standard InChI is InChI=1S/C25H26N2O6S/c1-17-9-11-21-20(13-17)27(34(29,30)19-7-5-4-6-8-19)16-24(33-21)25(28)26-15-18-10-12-22(31-2)23(14-18)32-3/h4-14,24H,15-16H2,1-3H3,(H,26,28). The molecule has 178 valence electrons. The molecule has 0 saturated carbocycles. The minimum atomic E-state index is -3.90. The Morgan fingerprint density at radius 1 is 1.03 bits per heavy atom. The number of aryl methyl sites for hydroxylation is 1. The van der Waals surface area contributed by atoms with Gasteiger partial charge in [-0.3, -0.25) is 9.10 Å². The van der Waals surface area contributed by atoms with Crippen LogP contribution in [-0.2, 0) is 21.4 Å². The van der Waals surface area contributed by atoms with E-state index >= 15 is 0 Å². The summed E-state index contributed by atoms with van der Waals surface area (Å²) in [4.78, 5) is 13.2. The van der Waals surface area contributed by atoms with E-state index in [0.717, 1.165) is 11.1 Å². The number of amides is 1. The highest BCUT2D eigenvalue weighted by atomic mass is 32.2. The Kier molecular flexibility index (Phi) is 6.65. The number of hydrogen-bond donors (Lipinski definition) is 1. The molecule has 1 atom stereocenters. The average molecular weight is 483 g/mol. The number of anilines is 1. The fourth-order valence-electron chi connectivity index (χ4n) is 3.74. The molecule has 34 heavy (non-hydrogen) atoms. The number of carbonyl (C=O) groups excluding carboxylic acids is 1. The van der Waals surface area contributed by atoms with Crippen LogP contribution >= 0.6 is 0 Å². The SMILES string of the molecule is COc1ccc(CNC(=O)C2CN(S(=O)(=O)c3ccccc3)c3cc(C)ccc3O2)cc1OC. The lowest BCUT2D eigenvalue weighted by Crippen LogP contribution is -2.50. The van der Waals surface area contributed by atoms with Crippen molar-refractivity contribution < 1.29 is 27.4 Å². The normalized spacial score (nSPS) is 15.1. The molecule has 1 unspecified atom stereocenters. The molecule has 9 heteroatoms. The monoisotopic (exact) mass is 482 g/mol. The first-order valence-corrected chi connectivity index (χ1v) is 12.1. The topological polar surface area (TPSA) is 94.2 Å². The van der Waals surface area contributed by atoms with E-state index in [0.29, 0.717) is 22.9 Å². The predicted octanol–water partition coefficient (Wildman–Crippen LogP) is 3.28. The second-order valence-electron chi connectivity index (χ2n) is 7.83. The quantitative estimate of drug-likeness (QED) is 0.556. The molecule has 0 bridgehead atoms. The van der Waals surface area contributed by atoms with Crippen molar-refractivity contribution in [2.45, 2.75) is 24.5 Å². The maximum atomic E-state index is 13.5. The summed E-state index contributed by atoms with van der Waals surface area (Å²) in [5.41, 5.74) is 2.09. The van der Waals surface area contributed by atoms with Gasteiger partial charge in [-0.1, -0.05) is 30.3 Å². The molecule has 3 aromatic rings. The number of sulfonamides is 1. The second-order valence-corrected chi connectivity index (χ2v) is 9.70. The van der Waals surface area contributed by atoms with Crippen LogP contribution in [-0.4, -0.2) is 41.2 Å². The van der Waals surface area contributed by atoms with Crippen LogP contribution in [0.4, 0.5) is 5.69 Å². The van der Waals surface area contributed by atoms with Crippen molar-refractivity contribution in [3.8, 4) is 17.2 Å². The summed E-state index contributed by atoms with van der Waals surface area (Å²) in [6.07, 6.45) is -1.02. The van der Waals surface area contributed by atoms with Gasteiger partial charge in [-0.05, 0) is 54.4 Å². The van der Waals surface area contributed by atoms with Gasteiger partial charge in [0, 0.05) is 6.54 Å². The number of carbonyl (C=O) groups is 1. The molecular weight excluding hydrogens is 456 g/mol. The molecule has 4 rings (SSSR count). The Labute approximate surface area is 199 Å². The molecule has 0 fully saturated rings. The lowest BCUT2D eigenvalue weighted by Gasteiger charge is -2.35. The van der Waals surface area contributed by atoms with Crippen molar-refractivity contribution in [3.05, 3.63) is 77.9 Å². The number of ether oxygens (including phenoxy) is 3. The summed E-state index contributed by atoms with van der Waals surface area (Å²) < 4.78 is 44.6. The Balaban J connectivity index is 1.58. The van der Waals surface area contributed by atoms with Gasteiger partial charge in [0.1, 0.15) is 5.75 Å². The minimum absolute atomic E-state index is 0.147. The zero-order chi connectivity index (χ0) is 24.3. The Morgan fingerprint density at radius 2 is 1.76 bits per heavy atom. The van der Waals surface area contributed by atoms with Crippen molar-refractivity contribution in [3.63, 3.8) is 0 Å². The number of nitrogens with one attached hydrogen (secondary N) is 1. The van der Waals surface area contributed by atoms with E-state index in [-0.39, 0.29) is 18.0 Å². The maximum Gasteiger partial charge on any atom is 0.264 e. The first kappa shape index (κ1) is 23.4. The summed E-state index contributed by atoms with van der Waals surface area (Å²) in [6.45, 7) is 1.94. The van der Waals surface area contributed by atoms with Gasteiger partial charge in [-0.2, -0.15) is 0 Å². The van der Waals surface area contributed by atoms with Crippen LogP contribution in [0.3, 0.4) is 0 Å². The molecule has 1 heterocycles. The molecule has 0 aliphatic carbocycles. The molecule has 0 aromatic heterocycles. The summed E-state index contributed by atoms with van der Waals surface area (Å²) in [7, 11) is -0.811. The van der Waals surface area contributed by atoms with Gasteiger partial charge in [0.15, 0.2) is 17.6 Å². The summed E-state index contributed by atoms with van der Waals surface area (Å²) >= 11 is 0. The number of hydrogen-bond acceptors (Lipinski definition) is 6. The second kappa shape index (κ2) is 9.64. The lowest BCUT2D eigenvalue weighted by molar-refractivity contribution is -0.127. The van der Waals surface area contributed by atoms with Gasteiger partial charge in [-0.25, -0.2) is 8.42 Å². The van der Waals surface area contributed by atoms with E-state index < -0.39 is 22.0 Å². The molecule has 3 aromatic carbocycles. The van der Waals surface area contributed by atoms with Gasteiger partial charge < -0.3 is 19.5 Å².